The van der Waals surface area contributed by atoms with Crippen LogP contribution in [-0.4, -0.2) is 30.3 Å². The normalized spacial score (nSPS) is 25.8. The summed E-state index contributed by atoms with van der Waals surface area (Å²) in [6, 6.07) is 6.36. The van der Waals surface area contributed by atoms with Gasteiger partial charge in [-0.2, -0.15) is 0 Å². The van der Waals surface area contributed by atoms with Crippen molar-refractivity contribution in [3.63, 3.8) is 0 Å². The van der Waals surface area contributed by atoms with E-state index in [0.29, 0.717) is 11.9 Å². The SMILES string of the molecule is CC1CN(c2cccc(CCl)n2)C(C)CO1. The lowest BCUT2D eigenvalue weighted by molar-refractivity contribution is 0.0340. The van der Waals surface area contributed by atoms with E-state index in [1.54, 1.807) is 0 Å². The molecule has 88 valence electrons. The van der Waals surface area contributed by atoms with E-state index in [1.807, 2.05) is 18.2 Å². The molecule has 0 N–H and O–H groups in total. The van der Waals surface area contributed by atoms with Crippen molar-refractivity contribution in [2.45, 2.75) is 31.9 Å². The highest BCUT2D eigenvalue weighted by atomic mass is 35.5. The van der Waals surface area contributed by atoms with E-state index in [0.717, 1.165) is 24.7 Å². The highest BCUT2D eigenvalue weighted by molar-refractivity contribution is 6.16. The van der Waals surface area contributed by atoms with Gasteiger partial charge in [-0.15, -0.1) is 11.6 Å². The van der Waals surface area contributed by atoms with Crippen LogP contribution in [0.5, 0.6) is 0 Å². The third-order valence-electron chi connectivity index (χ3n) is 2.83. The fraction of sp³-hybridized carbons (Fsp3) is 0.583. The van der Waals surface area contributed by atoms with Gasteiger partial charge in [0.1, 0.15) is 5.82 Å². The molecule has 0 amide bonds. The molecule has 1 aliphatic rings. The zero-order chi connectivity index (χ0) is 11.5. The molecule has 1 aromatic heterocycles. The highest BCUT2D eigenvalue weighted by Gasteiger charge is 2.24. The van der Waals surface area contributed by atoms with Crippen LogP contribution in [0.15, 0.2) is 18.2 Å². The van der Waals surface area contributed by atoms with E-state index in [9.17, 15) is 0 Å². The molecule has 0 radical (unpaired) electrons. The molecule has 2 rings (SSSR count). The Morgan fingerprint density at radius 1 is 1.50 bits per heavy atom. The highest BCUT2D eigenvalue weighted by Crippen LogP contribution is 2.20. The maximum atomic E-state index is 5.80. The number of pyridine rings is 1. The van der Waals surface area contributed by atoms with Crippen molar-refractivity contribution in [3.8, 4) is 0 Å². The zero-order valence-corrected chi connectivity index (χ0v) is 10.4. The smallest absolute Gasteiger partial charge is 0.129 e. The summed E-state index contributed by atoms with van der Waals surface area (Å²) >= 11 is 5.80. The van der Waals surface area contributed by atoms with Crippen molar-refractivity contribution in [1.29, 1.82) is 0 Å². The van der Waals surface area contributed by atoms with Gasteiger partial charge < -0.3 is 9.64 Å². The van der Waals surface area contributed by atoms with Crippen molar-refractivity contribution in [2.24, 2.45) is 0 Å². The molecule has 0 aliphatic carbocycles. The van der Waals surface area contributed by atoms with E-state index >= 15 is 0 Å². The topological polar surface area (TPSA) is 25.4 Å². The molecule has 0 bridgehead atoms. The fourth-order valence-corrected chi connectivity index (χ4v) is 2.07. The first kappa shape index (κ1) is 11.7. The molecule has 4 heteroatoms. The average Bonchev–Trinajstić information content (AvgIpc) is 2.32. The summed E-state index contributed by atoms with van der Waals surface area (Å²) in [5.41, 5.74) is 0.922. The Bertz CT molecular complexity index is 359. The van der Waals surface area contributed by atoms with Crippen LogP contribution in [0.1, 0.15) is 19.5 Å². The largest absolute Gasteiger partial charge is 0.375 e. The second kappa shape index (κ2) is 5.02. The average molecular weight is 241 g/mol. The number of rotatable bonds is 2. The van der Waals surface area contributed by atoms with Crippen LogP contribution >= 0.6 is 11.6 Å². The van der Waals surface area contributed by atoms with Gasteiger partial charge in [0.15, 0.2) is 0 Å². The summed E-state index contributed by atoms with van der Waals surface area (Å²) in [4.78, 5) is 6.82. The first-order valence-corrected chi connectivity index (χ1v) is 6.14. The van der Waals surface area contributed by atoms with Crippen LogP contribution in [0.2, 0.25) is 0 Å². The zero-order valence-electron chi connectivity index (χ0n) is 9.69. The fourth-order valence-electron chi connectivity index (χ4n) is 1.92. The Labute approximate surface area is 101 Å². The number of ether oxygens (including phenoxy) is 1. The summed E-state index contributed by atoms with van der Waals surface area (Å²) in [5.74, 6) is 1.46. The van der Waals surface area contributed by atoms with Crippen molar-refractivity contribution in [3.05, 3.63) is 23.9 Å². The van der Waals surface area contributed by atoms with Crippen molar-refractivity contribution < 1.29 is 4.74 Å². The van der Waals surface area contributed by atoms with Crippen LogP contribution in [0.3, 0.4) is 0 Å². The Morgan fingerprint density at radius 3 is 3.06 bits per heavy atom. The van der Waals surface area contributed by atoms with Crippen LogP contribution in [0.25, 0.3) is 0 Å². The predicted molar refractivity (Wildman–Crippen MR) is 66.0 cm³/mol. The molecule has 3 nitrogen and oxygen atoms in total. The van der Waals surface area contributed by atoms with Crippen molar-refractivity contribution in [1.82, 2.24) is 4.98 Å². The second-order valence-electron chi connectivity index (χ2n) is 4.27. The molecule has 1 fully saturated rings. The van der Waals surface area contributed by atoms with Gasteiger partial charge in [0.05, 0.1) is 30.3 Å². The van der Waals surface area contributed by atoms with Crippen LogP contribution < -0.4 is 4.90 Å². The van der Waals surface area contributed by atoms with Crippen LogP contribution in [0.4, 0.5) is 5.82 Å². The van der Waals surface area contributed by atoms with E-state index in [4.69, 9.17) is 16.3 Å². The molecule has 0 saturated carbocycles. The summed E-state index contributed by atoms with van der Waals surface area (Å²) in [7, 11) is 0. The number of anilines is 1. The maximum Gasteiger partial charge on any atom is 0.129 e. The van der Waals surface area contributed by atoms with Gasteiger partial charge in [0, 0.05) is 6.54 Å². The first-order valence-electron chi connectivity index (χ1n) is 5.61. The monoisotopic (exact) mass is 240 g/mol. The van der Waals surface area contributed by atoms with Crippen LogP contribution in [0, 0.1) is 0 Å². The molecule has 1 aromatic rings. The van der Waals surface area contributed by atoms with E-state index in [2.05, 4.69) is 23.7 Å². The quantitative estimate of drug-likeness (QED) is 0.743. The first-order chi connectivity index (χ1) is 7.70. The van der Waals surface area contributed by atoms with E-state index < -0.39 is 0 Å². The standard InChI is InChI=1S/C12H17ClN2O/c1-9-8-16-10(2)7-15(9)12-5-3-4-11(6-13)14-12/h3-5,9-10H,6-8H2,1-2H3. The number of halogens is 1. The Morgan fingerprint density at radius 2 is 2.31 bits per heavy atom. The summed E-state index contributed by atoms with van der Waals surface area (Å²) in [5, 5.41) is 0. The molecule has 1 saturated heterocycles. The Balaban J connectivity index is 2.20. The van der Waals surface area contributed by atoms with Crippen molar-refractivity contribution in [2.75, 3.05) is 18.1 Å². The van der Waals surface area contributed by atoms with Gasteiger partial charge in [-0.1, -0.05) is 6.07 Å². The van der Waals surface area contributed by atoms with E-state index in [-0.39, 0.29) is 6.10 Å². The molecule has 1 aliphatic heterocycles. The molecule has 16 heavy (non-hydrogen) atoms. The number of alkyl halides is 1. The number of morpholine rings is 1. The molecular weight excluding hydrogens is 224 g/mol. The minimum Gasteiger partial charge on any atom is -0.375 e. The Kier molecular flexibility index (Phi) is 3.66. The molecule has 2 unspecified atom stereocenters. The molecule has 0 aromatic carbocycles. The minimum atomic E-state index is 0.262. The van der Waals surface area contributed by atoms with Gasteiger partial charge in [-0.25, -0.2) is 4.98 Å². The van der Waals surface area contributed by atoms with Crippen LogP contribution in [-0.2, 0) is 10.6 Å². The third-order valence-corrected chi connectivity index (χ3v) is 3.10. The molecule has 0 spiro atoms. The van der Waals surface area contributed by atoms with E-state index in [1.165, 1.54) is 0 Å². The number of hydrogen-bond donors (Lipinski definition) is 0. The summed E-state index contributed by atoms with van der Waals surface area (Å²) in [6.07, 6.45) is 0.262. The van der Waals surface area contributed by atoms with Crippen molar-refractivity contribution >= 4 is 17.4 Å². The lowest BCUT2D eigenvalue weighted by atomic mass is 10.2. The lowest BCUT2D eigenvalue weighted by Gasteiger charge is -2.37. The summed E-state index contributed by atoms with van der Waals surface area (Å²) < 4.78 is 5.60. The third kappa shape index (κ3) is 2.47. The number of hydrogen-bond acceptors (Lipinski definition) is 3. The predicted octanol–water partition coefficient (Wildman–Crippen LogP) is 2.43. The maximum absolute atomic E-state index is 5.80. The number of aromatic nitrogens is 1. The Hall–Kier alpha value is -0.800. The number of nitrogens with zero attached hydrogens (tertiary/aromatic N) is 2. The lowest BCUT2D eigenvalue weighted by Crippen LogP contribution is -2.47. The van der Waals surface area contributed by atoms with Gasteiger partial charge in [-0.3, -0.25) is 0 Å². The summed E-state index contributed by atoms with van der Waals surface area (Å²) in [6.45, 7) is 5.89. The second-order valence-corrected chi connectivity index (χ2v) is 4.53. The van der Waals surface area contributed by atoms with Gasteiger partial charge in [0.25, 0.3) is 0 Å². The van der Waals surface area contributed by atoms with Gasteiger partial charge >= 0.3 is 0 Å². The molecular formula is C12H17ClN2O. The minimum absolute atomic E-state index is 0.262. The van der Waals surface area contributed by atoms with Gasteiger partial charge in [-0.05, 0) is 26.0 Å². The molecule has 2 heterocycles. The van der Waals surface area contributed by atoms with Gasteiger partial charge in [0.2, 0.25) is 0 Å². The molecule has 2 atom stereocenters.